The summed E-state index contributed by atoms with van der Waals surface area (Å²) in [5.74, 6) is -0.252. The van der Waals surface area contributed by atoms with Crippen molar-refractivity contribution in [3.63, 3.8) is 0 Å². The Kier molecular flexibility index (Phi) is 5.84. The van der Waals surface area contributed by atoms with Gasteiger partial charge in [0.15, 0.2) is 0 Å². The minimum atomic E-state index is -3.59. The van der Waals surface area contributed by atoms with Crippen molar-refractivity contribution < 1.29 is 17.9 Å². The van der Waals surface area contributed by atoms with Crippen molar-refractivity contribution in [3.05, 3.63) is 23.8 Å². The number of anilines is 1. The lowest BCUT2D eigenvalue weighted by molar-refractivity contribution is 0.0858. The average Bonchev–Trinajstić information content (AvgIpc) is 3.32. The second-order valence-electron chi connectivity index (χ2n) is 7.01. The molecule has 0 radical (unpaired) electrons. The monoisotopic (exact) mass is 381 g/mol. The molecule has 0 bridgehead atoms. The van der Waals surface area contributed by atoms with Crippen LogP contribution in [-0.4, -0.2) is 65.1 Å². The second kappa shape index (κ2) is 7.94. The number of carbonyl (C=O) groups is 1. The molecule has 1 amide bonds. The van der Waals surface area contributed by atoms with Crippen LogP contribution in [0.4, 0.5) is 5.69 Å². The van der Waals surface area contributed by atoms with Crippen LogP contribution in [0.15, 0.2) is 23.1 Å². The summed E-state index contributed by atoms with van der Waals surface area (Å²) in [6.45, 7) is 2.94. The van der Waals surface area contributed by atoms with Crippen molar-refractivity contribution in [3.8, 4) is 0 Å². The third-order valence-corrected chi connectivity index (χ3v) is 6.76. The molecule has 1 aromatic carbocycles. The van der Waals surface area contributed by atoms with Crippen LogP contribution in [0.2, 0.25) is 0 Å². The minimum absolute atomic E-state index is 0.0443. The zero-order valence-corrected chi connectivity index (χ0v) is 16.2. The van der Waals surface area contributed by atoms with Crippen LogP contribution in [0.25, 0.3) is 0 Å². The first-order valence-corrected chi connectivity index (χ1v) is 10.5. The highest BCUT2D eigenvalue weighted by atomic mass is 32.2. The number of rotatable bonds is 6. The fourth-order valence-corrected chi connectivity index (χ4v) is 4.34. The van der Waals surface area contributed by atoms with Gasteiger partial charge in [0, 0.05) is 46.0 Å². The molecule has 0 spiro atoms. The van der Waals surface area contributed by atoms with E-state index in [-0.39, 0.29) is 16.9 Å². The van der Waals surface area contributed by atoms with E-state index in [1.54, 1.807) is 12.1 Å². The number of nitrogens with zero attached hydrogens (tertiary/aromatic N) is 2. The molecule has 2 aliphatic heterocycles. The smallest absolute Gasteiger partial charge is 0.253 e. The molecule has 0 saturated carbocycles. The number of sulfonamides is 1. The largest absolute Gasteiger partial charge is 0.376 e. The Hall–Kier alpha value is -1.64. The topological polar surface area (TPSA) is 79.0 Å². The number of nitrogens with one attached hydrogen (secondary N) is 1. The summed E-state index contributed by atoms with van der Waals surface area (Å²) in [7, 11) is -0.620. The molecule has 1 atom stereocenters. The average molecular weight is 381 g/mol. The van der Waals surface area contributed by atoms with Crippen LogP contribution in [0.1, 0.15) is 36.0 Å². The predicted molar refractivity (Wildman–Crippen MR) is 100 cm³/mol. The zero-order valence-electron chi connectivity index (χ0n) is 15.4. The SMILES string of the molecule is CN(C)S(=O)(=O)c1ccc(N2CCCC2)c(C(=O)NC[C@H]2CCCO2)c1. The fourth-order valence-electron chi connectivity index (χ4n) is 3.41. The maximum absolute atomic E-state index is 12.8. The maximum Gasteiger partial charge on any atom is 0.253 e. The van der Waals surface area contributed by atoms with Gasteiger partial charge >= 0.3 is 0 Å². The summed E-state index contributed by atoms with van der Waals surface area (Å²) in [5, 5.41) is 2.91. The molecule has 2 fully saturated rings. The number of amides is 1. The van der Waals surface area contributed by atoms with Gasteiger partial charge in [-0.15, -0.1) is 0 Å². The summed E-state index contributed by atoms with van der Waals surface area (Å²) >= 11 is 0. The van der Waals surface area contributed by atoms with Gasteiger partial charge in [0.05, 0.1) is 16.6 Å². The van der Waals surface area contributed by atoms with Crippen molar-refractivity contribution in [1.82, 2.24) is 9.62 Å². The highest BCUT2D eigenvalue weighted by Crippen LogP contribution is 2.28. The molecule has 2 heterocycles. The number of hydrogen-bond acceptors (Lipinski definition) is 5. The van der Waals surface area contributed by atoms with Crippen molar-refractivity contribution in [2.24, 2.45) is 0 Å². The van der Waals surface area contributed by atoms with Gasteiger partial charge in [-0.3, -0.25) is 4.79 Å². The Morgan fingerprint density at radius 3 is 2.62 bits per heavy atom. The summed E-state index contributed by atoms with van der Waals surface area (Å²) in [4.78, 5) is 15.1. The van der Waals surface area contributed by atoms with E-state index in [0.29, 0.717) is 12.1 Å². The molecule has 7 nitrogen and oxygen atoms in total. The van der Waals surface area contributed by atoms with E-state index >= 15 is 0 Å². The minimum Gasteiger partial charge on any atom is -0.376 e. The van der Waals surface area contributed by atoms with Gasteiger partial charge < -0.3 is 15.0 Å². The lowest BCUT2D eigenvalue weighted by Crippen LogP contribution is -2.33. The van der Waals surface area contributed by atoms with Crippen molar-refractivity contribution in [1.29, 1.82) is 0 Å². The molecule has 3 rings (SSSR count). The van der Waals surface area contributed by atoms with Gasteiger partial charge in [0.25, 0.3) is 5.91 Å². The van der Waals surface area contributed by atoms with Gasteiger partial charge in [0.1, 0.15) is 0 Å². The van der Waals surface area contributed by atoms with Crippen LogP contribution in [0.3, 0.4) is 0 Å². The molecule has 0 unspecified atom stereocenters. The van der Waals surface area contributed by atoms with Crippen LogP contribution < -0.4 is 10.2 Å². The molecule has 1 aromatic rings. The first kappa shape index (κ1) is 19.1. The van der Waals surface area contributed by atoms with Gasteiger partial charge in [-0.1, -0.05) is 0 Å². The molecule has 26 heavy (non-hydrogen) atoms. The molecule has 144 valence electrons. The number of carbonyl (C=O) groups excluding carboxylic acids is 1. The highest BCUT2D eigenvalue weighted by molar-refractivity contribution is 7.89. The Labute approximate surface area is 155 Å². The first-order chi connectivity index (χ1) is 12.4. The highest BCUT2D eigenvalue weighted by Gasteiger charge is 2.25. The van der Waals surface area contributed by atoms with Crippen LogP contribution in [0.5, 0.6) is 0 Å². The summed E-state index contributed by atoms with van der Waals surface area (Å²) < 4.78 is 31.6. The third-order valence-electron chi connectivity index (χ3n) is 4.95. The van der Waals surface area contributed by atoms with E-state index in [4.69, 9.17) is 4.74 Å². The first-order valence-electron chi connectivity index (χ1n) is 9.11. The Balaban J connectivity index is 1.88. The van der Waals surface area contributed by atoms with E-state index in [1.807, 2.05) is 0 Å². The molecule has 2 saturated heterocycles. The molecular weight excluding hydrogens is 354 g/mol. The molecule has 8 heteroatoms. The number of benzene rings is 1. The standard InChI is InChI=1S/C18H27N3O4S/c1-20(2)26(23,24)15-7-8-17(21-9-3-4-10-21)16(12-15)18(22)19-13-14-6-5-11-25-14/h7-8,12,14H,3-6,9-11,13H2,1-2H3,(H,19,22)/t14-/m1/s1. The van der Waals surface area contributed by atoms with Crippen LogP contribution >= 0.6 is 0 Å². The normalized spacial score (nSPS) is 20.7. The van der Waals surface area contributed by atoms with Crippen molar-refractivity contribution in [2.45, 2.75) is 36.7 Å². The van der Waals surface area contributed by atoms with E-state index in [1.165, 1.54) is 20.2 Å². The molecule has 1 N–H and O–H groups in total. The predicted octanol–water partition coefficient (Wildman–Crippen LogP) is 1.45. The summed E-state index contributed by atoms with van der Waals surface area (Å²) in [6.07, 6.45) is 4.15. The second-order valence-corrected chi connectivity index (χ2v) is 9.16. The van der Waals surface area contributed by atoms with E-state index in [9.17, 15) is 13.2 Å². The fraction of sp³-hybridized carbons (Fsp3) is 0.611. The Morgan fingerprint density at radius 1 is 1.27 bits per heavy atom. The summed E-state index contributed by atoms with van der Waals surface area (Å²) in [6, 6.07) is 4.83. The molecule has 0 aromatic heterocycles. The maximum atomic E-state index is 12.8. The van der Waals surface area contributed by atoms with Crippen molar-refractivity contribution in [2.75, 3.05) is 45.2 Å². The van der Waals surface area contributed by atoms with E-state index in [2.05, 4.69) is 10.2 Å². The van der Waals surface area contributed by atoms with Crippen LogP contribution in [0, 0.1) is 0 Å². The van der Waals surface area contributed by atoms with E-state index in [0.717, 1.165) is 55.4 Å². The number of hydrogen-bond donors (Lipinski definition) is 1. The van der Waals surface area contributed by atoms with Crippen LogP contribution in [-0.2, 0) is 14.8 Å². The third kappa shape index (κ3) is 4.02. The summed E-state index contributed by atoms with van der Waals surface area (Å²) in [5.41, 5.74) is 1.21. The Bertz CT molecular complexity index is 752. The number of ether oxygens (including phenoxy) is 1. The molecule has 0 aliphatic carbocycles. The lowest BCUT2D eigenvalue weighted by Gasteiger charge is -2.22. The zero-order chi connectivity index (χ0) is 18.7. The van der Waals surface area contributed by atoms with E-state index < -0.39 is 10.0 Å². The Morgan fingerprint density at radius 2 is 2.00 bits per heavy atom. The molecular formula is C18H27N3O4S. The van der Waals surface area contributed by atoms with Gasteiger partial charge in [-0.2, -0.15) is 0 Å². The molecule has 2 aliphatic rings. The lowest BCUT2D eigenvalue weighted by atomic mass is 10.1. The quantitative estimate of drug-likeness (QED) is 0.807. The van der Waals surface area contributed by atoms with Gasteiger partial charge in [0.2, 0.25) is 10.0 Å². The van der Waals surface area contributed by atoms with Gasteiger partial charge in [-0.05, 0) is 43.9 Å². The van der Waals surface area contributed by atoms with Gasteiger partial charge in [-0.25, -0.2) is 12.7 Å². The van der Waals surface area contributed by atoms with Crippen molar-refractivity contribution >= 4 is 21.6 Å².